The Balaban J connectivity index is 1.82. The zero-order valence-electron chi connectivity index (χ0n) is 10.1. The number of halogens is 1. The lowest BCUT2D eigenvalue weighted by Gasteiger charge is -2.25. The lowest BCUT2D eigenvalue weighted by molar-refractivity contribution is 0.499. The predicted molar refractivity (Wildman–Crippen MR) is 71.8 cm³/mol. The molecule has 0 bridgehead atoms. The molecule has 0 amide bonds. The summed E-state index contributed by atoms with van der Waals surface area (Å²) in [5.41, 5.74) is 2.49. The molecule has 17 heavy (non-hydrogen) atoms. The van der Waals surface area contributed by atoms with Gasteiger partial charge in [-0.1, -0.05) is 13.8 Å². The van der Waals surface area contributed by atoms with Crippen LogP contribution in [0.2, 0.25) is 0 Å². The number of rotatable bonds is 1. The number of fused-ring (bicyclic) bond motifs is 1. The maximum absolute atomic E-state index is 8.85. The lowest BCUT2D eigenvalue weighted by atomic mass is 10.1. The molecular formula is C14H15BrN2. The van der Waals surface area contributed by atoms with Crippen molar-refractivity contribution < 1.29 is 0 Å². The second-order valence-corrected chi connectivity index (χ2v) is 6.57. The second kappa shape index (κ2) is 3.49. The zero-order chi connectivity index (χ0) is 12.2. The molecule has 1 saturated carbocycles. The molecule has 2 atom stereocenters. The molecule has 88 valence electrons. The Morgan fingerprint density at radius 1 is 1.35 bits per heavy atom. The van der Waals surface area contributed by atoms with Crippen LogP contribution in [0.5, 0.6) is 0 Å². The molecule has 1 aliphatic carbocycles. The summed E-state index contributed by atoms with van der Waals surface area (Å²) in [4.78, 5) is 2.44. The highest BCUT2D eigenvalue weighted by Gasteiger charge is 2.61. The van der Waals surface area contributed by atoms with Crippen LogP contribution in [-0.2, 0) is 0 Å². The summed E-state index contributed by atoms with van der Waals surface area (Å²) >= 11 is 3.57. The number of benzene rings is 1. The van der Waals surface area contributed by atoms with Gasteiger partial charge in [0.15, 0.2) is 0 Å². The minimum absolute atomic E-state index is 0.551. The van der Waals surface area contributed by atoms with Crippen LogP contribution in [0.1, 0.15) is 19.4 Å². The summed E-state index contributed by atoms with van der Waals surface area (Å²) in [5, 5.41) is 8.85. The van der Waals surface area contributed by atoms with E-state index in [0.717, 1.165) is 29.4 Å². The van der Waals surface area contributed by atoms with E-state index in [1.165, 1.54) is 5.69 Å². The van der Waals surface area contributed by atoms with Gasteiger partial charge in [-0.15, -0.1) is 0 Å². The Labute approximate surface area is 110 Å². The molecule has 1 aliphatic heterocycles. The Hall–Kier alpha value is -1.01. The van der Waals surface area contributed by atoms with Crippen molar-refractivity contribution in [3.05, 3.63) is 28.2 Å². The topological polar surface area (TPSA) is 27.0 Å². The predicted octanol–water partition coefficient (Wildman–Crippen LogP) is 3.41. The molecule has 1 saturated heterocycles. The third kappa shape index (κ3) is 1.58. The monoisotopic (exact) mass is 290 g/mol. The maximum Gasteiger partial charge on any atom is 0.0992 e. The van der Waals surface area contributed by atoms with Gasteiger partial charge in [-0.3, -0.25) is 0 Å². The Kier molecular flexibility index (Phi) is 2.28. The van der Waals surface area contributed by atoms with Gasteiger partial charge in [0, 0.05) is 17.6 Å². The van der Waals surface area contributed by atoms with Crippen LogP contribution in [0.3, 0.4) is 0 Å². The third-order valence-electron chi connectivity index (χ3n) is 4.54. The molecule has 3 heteroatoms. The number of anilines is 1. The van der Waals surface area contributed by atoms with E-state index in [1.54, 1.807) is 0 Å². The molecular weight excluding hydrogens is 276 g/mol. The van der Waals surface area contributed by atoms with Gasteiger partial charge in [-0.25, -0.2) is 0 Å². The van der Waals surface area contributed by atoms with Gasteiger partial charge < -0.3 is 4.90 Å². The molecule has 1 heterocycles. The molecule has 2 nitrogen and oxygen atoms in total. The average Bonchev–Trinajstić information content (AvgIpc) is 2.70. The molecule has 0 aromatic heterocycles. The highest BCUT2D eigenvalue weighted by Crippen LogP contribution is 2.62. The second-order valence-electron chi connectivity index (χ2n) is 5.72. The van der Waals surface area contributed by atoms with E-state index in [1.807, 2.05) is 12.1 Å². The van der Waals surface area contributed by atoms with Crippen molar-refractivity contribution in [1.29, 1.82) is 5.26 Å². The van der Waals surface area contributed by atoms with Crippen LogP contribution in [0.4, 0.5) is 5.69 Å². The van der Waals surface area contributed by atoms with E-state index in [9.17, 15) is 0 Å². The van der Waals surface area contributed by atoms with Gasteiger partial charge in [0.05, 0.1) is 17.3 Å². The summed E-state index contributed by atoms with van der Waals surface area (Å²) in [6.45, 7) is 7.05. The van der Waals surface area contributed by atoms with Crippen LogP contribution in [-0.4, -0.2) is 13.1 Å². The number of nitrogens with zero attached hydrogens (tertiary/aromatic N) is 2. The quantitative estimate of drug-likeness (QED) is 0.792. The van der Waals surface area contributed by atoms with Gasteiger partial charge in [0.1, 0.15) is 0 Å². The van der Waals surface area contributed by atoms with Gasteiger partial charge in [0.2, 0.25) is 0 Å². The smallest absolute Gasteiger partial charge is 0.0992 e. The third-order valence-corrected chi connectivity index (χ3v) is 5.17. The average molecular weight is 291 g/mol. The molecule has 0 spiro atoms. The van der Waals surface area contributed by atoms with Crippen molar-refractivity contribution >= 4 is 21.6 Å². The number of nitriles is 1. The van der Waals surface area contributed by atoms with Gasteiger partial charge >= 0.3 is 0 Å². The number of hydrogen-bond donors (Lipinski definition) is 0. The fraction of sp³-hybridized carbons (Fsp3) is 0.500. The summed E-state index contributed by atoms with van der Waals surface area (Å²) < 4.78 is 1.04. The fourth-order valence-corrected chi connectivity index (χ4v) is 3.79. The van der Waals surface area contributed by atoms with Crippen molar-refractivity contribution in [1.82, 2.24) is 0 Å². The molecule has 1 aromatic carbocycles. The first kappa shape index (κ1) is 11.1. The molecule has 0 N–H and O–H groups in total. The lowest BCUT2D eigenvalue weighted by Crippen LogP contribution is -2.26. The molecule has 0 radical (unpaired) electrons. The number of hydrogen-bond acceptors (Lipinski definition) is 2. The Bertz CT molecular complexity index is 501. The van der Waals surface area contributed by atoms with Crippen LogP contribution in [0.15, 0.2) is 22.7 Å². The van der Waals surface area contributed by atoms with E-state index in [-0.39, 0.29) is 0 Å². The number of piperidine rings is 1. The fourth-order valence-electron chi connectivity index (χ4n) is 3.16. The summed E-state index contributed by atoms with van der Waals surface area (Å²) in [7, 11) is 0. The highest BCUT2D eigenvalue weighted by molar-refractivity contribution is 9.10. The first-order chi connectivity index (χ1) is 8.04. The largest absolute Gasteiger partial charge is 0.370 e. The minimum atomic E-state index is 0.551. The van der Waals surface area contributed by atoms with Crippen molar-refractivity contribution in [2.45, 2.75) is 13.8 Å². The maximum atomic E-state index is 8.85. The SMILES string of the molecule is CC1(C)C2CN(c3ccc(C#N)cc3Br)CC21. The van der Waals surface area contributed by atoms with E-state index >= 15 is 0 Å². The molecule has 2 fully saturated rings. The Morgan fingerprint density at radius 2 is 2.00 bits per heavy atom. The van der Waals surface area contributed by atoms with E-state index in [0.29, 0.717) is 11.0 Å². The van der Waals surface area contributed by atoms with Crippen LogP contribution >= 0.6 is 15.9 Å². The molecule has 2 unspecified atom stereocenters. The first-order valence-electron chi connectivity index (χ1n) is 5.98. The van der Waals surface area contributed by atoms with Crippen molar-refractivity contribution in [3.8, 4) is 6.07 Å². The van der Waals surface area contributed by atoms with Crippen LogP contribution in [0.25, 0.3) is 0 Å². The van der Waals surface area contributed by atoms with Gasteiger partial charge in [-0.05, 0) is 51.4 Å². The van der Waals surface area contributed by atoms with E-state index in [2.05, 4.69) is 46.8 Å². The summed E-state index contributed by atoms with van der Waals surface area (Å²) in [5.74, 6) is 1.70. The molecule has 3 rings (SSSR count). The van der Waals surface area contributed by atoms with Crippen molar-refractivity contribution in [2.75, 3.05) is 18.0 Å². The zero-order valence-corrected chi connectivity index (χ0v) is 11.7. The molecule has 2 aliphatic rings. The Morgan fingerprint density at radius 3 is 2.53 bits per heavy atom. The van der Waals surface area contributed by atoms with Crippen LogP contribution in [0, 0.1) is 28.6 Å². The standard InChI is InChI=1S/C14H15BrN2/c1-14(2)10-7-17(8-11(10)14)13-4-3-9(6-16)5-12(13)15/h3-5,10-11H,7-8H2,1-2H3. The minimum Gasteiger partial charge on any atom is -0.370 e. The summed E-state index contributed by atoms with van der Waals surface area (Å²) in [6.07, 6.45) is 0. The van der Waals surface area contributed by atoms with Gasteiger partial charge in [-0.2, -0.15) is 5.26 Å². The molecule has 1 aromatic rings. The van der Waals surface area contributed by atoms with E-state index in [4.69, 9.17) is 5.26 Å². The first-order valence-corrected chi connectivity index (χ1v) is 6.78. The highest BCUT2D eigenvalue weighted by atomic mass is 79.9. The van der Waals surface area contributed by atoms with Crippen LogP contribution < -0.4 is 4.90 Å². The summed E-state index contributed by atoms with van der Waals surface area (Å²) in [6, 6.07) is 8.03. The van der Waals surface area contributed by atoms with Crippen molar-refractivity contribution in [3.63, 3.8) is 0 Å². The van der Waals surface area contributed by atoms with Gasteiger partial charge in [0.25, 0.3) is 0 Å². The van der Waals surface area contributed by atoms with Crippen molar-refractivity contribution in [2.24, 2.45) is 17.3 Å². The van der Waals surface area contributed by atoms with E-state index < -0.39 is 0 Å². The normalized spacial score (nSPS) is 28.7.